The molecule has 0 aromatic heterocycles. The Balaban J connectivity index is 2.14. The number of carbonyl (C=O) groups excluding carboxylic acids is 1. The van der Waals surface area contributed by atoms with Crippen molar-refractivity contribution in [3.63, 3.8) is 0 Å². The molecule has 80 valence electrons. The second-order valence-electron chi connectivity index (χ2n) is 3.83. The molecule has 1 aromatic rings. The van der Waals surface area contributed by atoms with Crippen LogP contribution in [-0.4, -0.2) is 12.4 Å². The molecule has 1 fully saturated rings. The van der Waals surface area contributed by atoms with Crippen molar-refractivity contribution in [1.82, 2.24) is 0 Å². The molecule has 1 aliphatic carbocycles. The first-order chi connectivity index (χ1) is 7.29. The zero-order chi connectivity index (χ0) is 10.7. The van der Waals surface area contributed by atoms with Crippen LogP contribution in [0.5, 0.6) is 5.75 Å². The standard InChI is InChI=1S/C12H13ClO2/c13-11-6-5-9(8-14)7-12(11)15-10-3-1-2-4-10/h5-8,10H,1-4H2. The van der Waals surface area contributed by atoms with E-state index >= 15 is 0 Å². The van der Waals surface area contributed by atoms with Crippen molar-refractivity contribution in [1.29, 1.82) is 0 Å². The van der Waals surface area contributed by atoms with Crippen LogP contribution >= 0.6 is 11.6 Å². The van der Waals surface area contributed by atoms with Crippen LogP contribution in [-0.2, 0) is 0 Å². The van der Waals surface area contributed by atoms with Gasteiger partial charge in [-0.2, -0.15) is 0 Å². The Bertz CT molecular complexity index is 357. The van der Waals surface area contributed by atoms with E-state index in [2.05, 4.69) is 0 Å². The number of hydrogen-bond donors (Lipinski definition) is 0. The summed E-state index contributed by atoms with van der Waals surface area (Å²) in [5.41, 5.74) is 0.604. The Hall–Kier alpha value is -1.02. The number of aldehydes is 1. The fourth-order valence-electron chi connectivity index (χ4n) is 1.87. The number of ether oxygens (including phenoxy) is 1. The topological polar surface area (TPSA) is 26.3 Å². The lowest BCUT2D eigenvalue weighted by atomic mass is 10.2. The summed E-state index contributed by atoms with van der Waals surface area (Å²) in [6, 6.07) is 5.10. The van der Waals surface area contributed by atoms with Gasteiger partial charge >= 0.3 is 0 Å². The molecule has 0 N–H and O–H groups in total. The highest BCUT2D eigenvalue weighted by atomic mass is 35.5. The van der Waals surface area contributed by atoms with Gasteiger partial charge in [0.05, 0.1) is 11.1 Å². The van der Waals surface area contributed by atoms with Gasteiger partial charge in [-0.3, -0.25) is 4.79 Å². The molecule has 2 nitrogen and oxygen atoms in total. The highest BCUT2D eigenvalue weighted by Gasteiger charge is 2.17. The average Bonchev–Trinajstić information content (AvgIpc) is 2.74. The van der Waals surface area contributed by atoms with Gasteiger partial charge in [-0.25, -0.2) is 0 Å². The number of rotatable bonds is 3. The second-order valence-corrected chi connectivity index (χ2v) is 4.24. The summed E-state index contributed by atoms with van der Waals surface area (Å²) < 4.78 is 5.76. The van der Waals surface area contributed by atoms with Crippen molar-refractivity contribution in [2.45, 2.75) is 31.8 Å². The minimum absolute atomic E-state index is 0.268. The predicted octanol–water partition coefficient (Wildman–Crippen LogP) is 3.47. The monoisotopic (exact) mass is 224 g/mol. The molecule has 0 aliphatic heterocycles. The first kappa shape index (κ1) is 10.5. The van der Waals surface area contributed by atoms with Crippen LogP contribution in [0.15, 0.2) is 18.2 Å². The minimum Gasteiger partial charge on any atom is -0.489 e. The molecule has 1 aromatic carbocycles. The summed E-state index contributed by atoms with van der Waals surface area (Å²) in [6.07, 6.45) is 5.68. The van der Waals surface area contributed by atoms with E-state index in [0.717, 1.165) is 19.1 Å². The van der Waals surface area contributed by atoms with Gasteiger partial charge in [0.25, 0.3) is 0 Å². The third kappa shape index (κ3) is 2.51. The van der Waals surface area contributed by atoms with Crippen LogP contribution in [0.1, 0.15) is 36.0 Å². The van der Waals surface area contributed by atoms with Gasteiger partial charge in [0.2, 0.25) is 0 Å². The number of carbonyl (C=O) groups is 1. The van der Waals surface area contributed by atoms with Crippen LogP contribution in [0.25, 0.3) is 0 Å². The molecule has 0 atom stereocenters. The van der Waals surface area contributed by atoms with Gasteiger partial charge in [-0.15, -0.1) is 0 Å². The highest BCUT2D eigenvalue weighted by Crippen LogP contribution is 2.30. The van der Waals surface area contributed by atoms with E-state index in [1.165, 1.54) is 12.8 Å². The number of halogens is 1. The number of hydrogen-bond acceptors (Lipinski definition) is 2. The van der Waals surface area contributed by atoms with Crippen LogP contribution in [0, 0.1) is 0 Å². The fraction of sp³-hybridized carbons (Fsp3) is 0.417. The van der Waals surface area contributed by atoms with Crippen LogP contribution < -0.4 is 4.74 Å². The van der Waals surface area contributed by atoms with E-state index in [1.807, 2.05) is 0 Å². The molecule has 0 bridgehead atoms. The van der Waals surface area contributed by atoms with Crippen LogP contribution in [0.2, 0.25) is 5.02 Å². The minimum atomic E-state index is 0.268. The lowest BCUT2D eigenvalue weighted by Crippen LogP contribution is -2.11. The molecule has 1 saturated carbocycles. The Morgan fingerprint density at radius 1 is 1.33 bits per heavy atom. The molecule has 0 amide bonds. The maximum Gasteiger partial charge on any atom is 0.150 e. The molecule has 0 spiro atoms. The van der Waals surface area contributed by atoms with Crippen molar-refractivity contribution in [2.24, 2.45) is 0 Å². The van der Waals surface area contributed by atoms with Crippen LogP contribution in [0.3, 0.4) is 0 Å². The summed E-state index contributed by atoms with van der Waals surface area (Å²) in [7, 11) is 0. The third-order valence-corrected chi connectivity index (χ3v) is 3.00. The third-order valence-electron chi connectivity index (χ3n) is 2.69. The highest BCUT2D eigenvalue weighted by molar-refractivity contribution is 6.32. The largest absolute Gasteiger partial charge is 0.489 e. The first-order valence-electron chi connectivity index (χ1n) is 5.21. The van der Waals surface area contributed by atoms with Gasteiger partial charge in [-0.1, -0.05) is 11.6 Å². The molecular weight excluding hydrogens is 212 g/mol. The molecule has 0 saturated heterocycles. The molecule has 0 radical (unpaired) electrons. The first-order valence-corrected chi connectivity index (χ1v) is 5.59. The Kier molecular flexibility index (Phi) is 3.27. The zero-order valence-corrected chi connectivity index (χ0v) is 9.17. The van der Waals surface area contributed by atoms with Gasteiger partial charge in [-0.05, 0) is 43.9 Å². The summed E-state index contributed by atoms with van der Waals surface area (Å²) in [5, 5.41) is 0.576. The maximum absolute atomic E-state index is 10.6. The maximum atomic E-state index is 10.6. The zero-order valence-electron chi connectivity index (χ0n) is 8.41. The lowest BCUT2D eigenvalue weighted by molar-refractivity contribution is 0.112. The average molecular weight is 225 g/mol. The molecular formula is C12H13ClO2. The van der Waals surface area contributed by atoms with Gasteiger partial charge in [0.15, 0.2) is 0 Å². The summed E-state index contributed by atoms with van der Waals surface area (Å²) in [4.78, 5) is 10.6. The van der Waals surface area contributed by atoms with Crippen molar-refractivity contribution in [3.8, 4) is 5.75 Å². The SMILES string of the molecule is O=Cc1ccc(Cl)c(OC2CCCC2)c1. The summed E-state index contributed by atoms with van der Waals surface area (Å²) in [5.74, 6) is 0.633. The van der Waals surface area contributed by atoms with Crippen LogP contribution in [0.4, 0.5) is 0 Å². The van der Waals surface area contributed by atoms with E-state index in [-0.39, 0.29) is 6.10 Å². The second kappa shape index (κ2) is 4.67. The fourth-order valence-corrected chi connectivity index (χ4v) is 2.03. The van der Waals surface area contributed by atoms with E-state index in [9.17, 15) is 4.79 Å². The van der Waals surface area contributed by atoms with E-state index in [4.69, 9.17) is 16.3 Å². The smallest absolute Gasteiger partial charge is 0.150 e. The predicted molar refractivity (Wildman–Crippen MR) is 59.7 cm³/mol. The van der Waals surface area contributed by atoms with Gasteiger partial charge in [0.1, 0.15) is 12.0 Å². The molecule has 3 heteroatoms. The Morgan fingerprint density at radius 3 is 2.73 bits per heavy atom. The van der Waals surface area contributed by atoms with Gasteiger partial charge < -0.3 is 4.74 Å². The van der Waals surface area contributed by atoms with E-state index < -0.39 is 0 Å². The van der Waals surface area contributed by atoms with Crippen molar-refractivity contribution < 1.29 is 9.53 Å². The Morgan fingerprint density at radius 2 is 2.07 bits per heavy atom. The molecule has 15 heavy (non-hydrogen) atoms. The molecule has 2 rings (SSSR count). The van der Waals surface area contributed by atoms with E-state index in [0.29, 0.717) is 16.3 Å². The van der Waals surface area contributed by atoms with Crippen molar-refractivity contribution >= 4 is 17.9 Å². The number of benzene rings is 1. The molecule has 0 heterocycles. The molecule has 1 aliphatic rings. The van der Waals surface area contributed by atoms with Crippen molar-refractivity contribution in [3.05, 3.63) is 28.8 Å². The quantitative estimate of drug-likeness (QED) is 0.735. The summed E-state index contributed by atoms with van der Waals surface area (Å²) >= 11 is 5.99. The summed E-state index contributed by atoms with van der Waals surface area (Å²) in [6.45, 7) is 0. The normalized spacial score (nSPS) is 16.6. The molecule has 0 unspecified atom stereocenters. The lowest BCUT2D eigenvalue weighted by Gasteiger charge is -2.14. The van der Waals surface area contributed by atoms with E-state index in [1.54, 1.807) is 18.2 Å². The van der Waals surface area contributed by atoms with Gasteiger partial charge in [0, 0.05) is 5.56 Å². The Labute approximate surface area is 94.2 Å². The van der Waals surface area contributed by atoms with Crippen molar-refractivity contribution in [2.75, 3.05) is 0 Å².